The Bertz CT molecular complexity index is 314. The maximum atomic E-state index is 3.33. The second-order valence-corrected chi connectivity index (χ2v) is 3.46. The van der Waals surface area contributed by atoms with Crippen LogP contribution in [0.3, 0.4) is 0 Å². The molecule has 0 unspecified atom stereocenters. The summed E-state index contributed by atoms with van der Waals surface area (Å²) < 4.78 is 0. The van der Waals surface area contributed by atoms with Crippen molar-refractivity contribution >= 4 is 0 Å². The van der Waals surface area contributed by atoms with Crippen LogP contribution in [0.15, 0.2) is 47.7 Å². The Morgan fingerprint density at radius 3 is 2.64 bits per heavy atom. The molecule has 0 aromatic heterocycles. The molecule has 1 heteroatoms. The van der Waals surface area contributed by atoms with E-state index in [1.165, 1.54) is 11.1 Å². The van der Waals surface area contributed by atoms with Gasteiger partial charge in [0, 0.05) is 13.1 Å². The summed E-state index contributed by atoms with van der Waals surface area (Å²) in [7, 11) is 0. The summed E-state index contributed by atoms with van der Waals surface area (Å²) in [6.45, 7) is 5.89. The van der Waals surface area contributed by atoms with E-state index in [0.717, 1.165) is 13.1 Å². The summed E-state index contributed by atoms with van der Waals surface area (Å²) in [6.07, 6.45) is 2.03. The van der Waals surface area contributed by atoms with Crippen LogP contribution in [0.2, 0.25) is 0 Å². The Kier molecular flexibility index (Phi) is 4.77. The number of hydrogen-bond donors (Lipinski definition) is 1. The number of nitrogens with one attached hydrogen (secondary N) is 1. The van der Waals surface area contributed by atoms with E-state index in [2.05, 4.69) is 35.3 Å². The molecule has 74 valence electrons. The molecule has 1 nitrogen and oxygen atoms in total. The lowest BCUT2D eigenvalue weighted by Gasteiger charge is -2.00. The van der Waals surface area contributed by atoms with Crippen molar-refractivity contribution in [1.82, 2.24) is 5.32 Å². The molecule has 0 fully saturated rings. The predicted octanol–water partition coefficient (Wildman–Crippen LogP) is 2.90. The molecule has 0 aliphatic carbocycles. The first-order chi connectivity index (χ1) is 6.79. The highest BCUT2D eigenvalue weighted by Crippen LogP contribution is 1.96. The van der Waals surface area contributed by atoms with Crippen molar-refractivity contribution in [2.24, 2.45) is 0 Å². The Morgan fingerprint density at radius 1 is 1.29 bits per heavy atom. The first kappa shape index (κ1) is 10.8. The van der Waals surface area contributed by atoms with Gasteiger partial charge in [0.15, 0.2) is 0 Å². The predicted molar refractivity (Wildman–Crippen MR) is 61.1 cm³/mol. The van der Waals surface area contributed by atoms with Crippen LogP contribution in [0, 0.1) is 0 Å². The summed E-state index contributed by atoms with van der Waals surface area (Å²) in [5, 5.41) is 3.33. The first-order valence-corrected chi connectivity index (χ1v) is 4.92. The highest BCUT2D eigenvalue weighted by Gasteiger charge is 1.87. The highest BCUT2D eigenvalue weighted by atomic mass is 14.8. The molecule has 0 atom stereocenters. The van der Waals surface area contributed by atoms with Gasteiger partial charge in [-0.2, -0.15) is 0 Å². The van der Waals surface area contributed by atoms with Crippen molar-refractivity contribution in [3.63, 3.8) is 0 Å². The van der Waals surface area contributed by atoms with Gasteiger partial charge >= 0.3 is 0 Å². The molecule has 0 saturated heterocycles. The molecule has 1 aromatic rings. The van der Waals surface area contributed by atoms with Crippen LogP contribution >= 0.6 is 0 Å². The summed E-state index contributed by atoms with van der Waals surface area (Å²) in [6, 6.07) is 10.4. The van der Waals surface area contributed by atoms with Crippen LogP contribution in [0.25, 0.3) is 0 Å². The quantitative estimate of drug-likeness (QED) is 0.564. The van der Waals surface area contributed by atoms with Gasteiger partial charge in [0.05, 0.1) is 0 Å². The molecule has 0 radical (unpaired) electrons. The normalized spacial score (nSPS) is 9.29. The molecule has 0 amide bonds. The molecule has 0 aliphatic rings. The third-order valence-corrected chi connectivity index (χ3v) is 1.81. The average molecular weight is 187 g/mol. The molecule has 0 heterocycles. The van der Waals surface area contributed by atoms with Gasteiger partial charge in [0.25, 0.3) is 0 Å². The van der Waals surface area contributed by atoms with E-state index in [1.54, 1.807) is 0 Å². The summed E-state index contributed by atoms with van der Waals surface area (Å²) in [4.78, 5) is 0. The minimum Gasteiger partial charge on any atom is -0.309 e. The summed E-state index contributed by atoms with van der Waals surface area (Å²) >= 11 is 0. The van der Waals surface area contributed by atoms with Crippen molar-refractivity contribution < 1.29 is 0 Å². The topological polar surface area (TPSA) is 12.0 Å². The summed E-state index contributed by atoms with van der Waals surface area (Å²) in [5.74, 6) is 0. The van der Waals surface area contributed by atoms with Crippen LogP contribution in [0.4, 0.5) is 0 Å². The molecule has 0 aliphatic heterocycles. The van der Waals surface area contributed by atoms with Crippen LogP contribution in [0.5, 0.6) is 0 Å². The Labute approximate surface area is 86.2 Å². The molecule has 1 rings (SSSR count). The zero-order chi connectivity index (χ0) is 10.2. The van der Waals surface area contributed by atoms with E-state index in [9.17, 15) is 0 Å². The maximum Gasteiger partial charge on any atom is 0.0213 e. The largest absolute Gasteiger partial charge is 0.309 e. The van der Waals surface area contributed by atoms with Crippen molar-refractivity contribution in [2.45, 2.75) is 20.4 Å². The van der Waals surface area contributed by atoms with E-state index < -0.39 is 0 Å². The smallest absolute Gasteiger partial charge is 0.0213 e. The van der Waals surface area contributed by atoms with Gasteiger partial charge in [0.2, 0.25) is 0 Å². The van der Waals surface area contributed by atoms with Gasteiger partial charge in [-0.15, -0.1) is 5.73 Å². The van der Waals surface area contributed by atoms with Crippen LogP contribution in [-0.4, -0.2) is 6.54 Å². The lowest BCUT2D eigenvalue weighted by Crippen LogP contribution is -2.12. The van der Waals surface area contributed by atoms with Gasteiger partial charge in [-0.05, 0) is 31.1 Å². The lowest BCUT2D eigenvalue weighted by molar-refractivity contribution is 0.760. The number of hydrogen-bond acceptors (Lipinski definition) is 1. The Morgan fingerprint density at radius 2 is 2.00 bits per heavy atom. The second-order valence-electron chi connectivity index (χ2n) is 3.46. The molecule has 0 spiro atoms. The molecule has 14 heavy (non-hydrogen) atoms. The van der Waals surface area contributed by atoms with Gasteiger partial charge in [-0.3, -0.25) is 0 Å². The van der Waals surface area contributed by atoms with E-state index in [1.807, 2.05) is 26.0 Å². The molecular formula is C13H17N. The fourth-order valence-electron chi connectivity index (χ4n) is 1.14. The van der Waals surface area contributed by atoms with Gasteiger partial charge < -0.3 is 5.32 Å². The van der Waals surface area contributed by atoms with Crippen LogP contribution < -0.4 is 5.32 Å². The summed E-state index contributed by atoms with van der Waals surface area (Å²) in [5.41, 5.74) is 5.69. The van der Waals surface area contributed by atoms with Crippen molar-refractivity contribution in [3.8, 4) is 0 Å². The van der Waals surface area contributed by atoms with E-state index >= 15 is 0 Å². The molecular weight excluding hydrogens is 170 g/mol. The highest BCUT2D eigenvalue weighted by molar-refractivity contribution is 5.14. The fourth-order valence-corrected chi connectivity index (χ4v) is 1.14. The zero-order valence-electron chi connectivity index (χ0n) is 8.88. The number of benzene rings is 1. The second kappa shape index (κ2) is 6.20. The van der Waals surface area contributed by atoms with Crippen LogP contribution in [0.1, 0.15) is 19.4 Å². The van der Waals surface area contributed by atoms with Crippen molar-refractivity contribution in [3.05, 3.63) is 53.3 Å². The Hall–Kier alpha value is -1.30. The van der Waals surface area contributed by atoms with Crippen LogP contribution in [-0.2, 0) is 6.54 Å². The lowest BCUT2D eigenvalue weighted by atomic mass is 10.2. The van der Waals surface area contributed by atoms with Gasteiger partial charge in [-0.1, -0.05) is 30.3 Å². The van der Waals surface area contributed by atoms with E-state index in [4.69, 9.17) is 0 Å². The van der Waals surface area contributed by atoms with Gasteiger partial charge in [-0.25, -0.2) is 0 Å². The maximum absolute atomic E-state index is 3.33. The molecule has 0 bridgehead atoms. The van der Waals surface area contributed by atoms with E-state index in [-0.39, 0.29) is 0 Å². The molecule has 1 N–H and O–H groups in total. The third-order valence-electron chi connectivity index (χ3n) is 1.81. The number of rotatable bonds is 4. The van der Waals surface area contributed by atoms with E-state index in [0.29, 0.717) is 0 Å². The van der Waals surface area contributed by atoms with Crippen molar-refractivity contribution in [2.75, 3.05) is 6.54 Å². The van der Waals surface area contributed by atoms with Gasteiger partial charge in [0.1, 0.15) is 0 Å². The minimum atomic E-state index is 0.875. The monoisotopic (exact) mass is 187 g/mol. The minimum absolute atomic E-state index is 0.875. The SMILES string of the molecule is CC(C)=C=CCNCc1ccccc1. The zero-order valence-corrected chi connectivity index (χ0v) is 8.88. The standard InChI is InChI=1S/C13H17N/c1-12(2)7-6-10-14-11-13-8-4-3-5-9-13/h3-6,8-9,14H,10-11H2,1-2H3. The molecule has 1 aromatic carbocycles. The fraction of sp³-hybridized carbons (Fsp3) is 0.308. The average Bonchev–Trinajstić information content (AvgIpc) is 2.18. The first-order valence-electron chi connectivity index (χ1n) is 4.92. The van der Waals surface area contributed by atoms with Crippen molar-refractivity contribution in [1.29, 1.82) is 0 Å². The molecule has 0 saturated carbocycles. The Balaban J connectivity index is 2.26. The third kappa shape index (κ3) is 4.66.